The number of aromatic amines is 1. The molecule has 3 heterocycles. The molecule has 0 radical (unpaired) electrons. The number of carbonyl (C=O) groups is 2. The normalized spacial score (nSPS) is 17.0. The lowest BCUT2D eigenvalue weighted by atomic mass is 9.85. The molecule has 1 aliphatic carbocycles. The molecule has 258 valence electrons. The second kappa shape index (κ2) is 13.6. The predicted octanol–water partition coefficient (Wildman–Crippen LogP) is 5.88. The largest absolute Gasteiger partial charge is 0.471 e. The van der Waals surface area contributed by atoms with E-state index in [2.05, 4.69) is 36.1 Å². The Labute approximate surface area is 266 Å². The number of rotatable bonds is 10. The Hall–Kier alpha value is -4.97. The maximum Gasteiger partial charge on any atom is 0.418 e. The fourth-order valence-electron chi connectivity index (χ4n) is 5.28. The zero-order chi connectivity index (χ0) is 34.8. The lowest BCUT2D eigenvalue weighted by Crippen LogP contribution is -2.40. The molecule has 0 unspecified atom stereocenters. The lowest BCUT2D eigenvalue weighted by molar-refractivity contribution is -0.182. The molecule has 3 aromatic heterocycles. The highest BCUT2D eigenvalue weighted by atomic mass is 19.4. The van der Waals surface area contributed by atoms with Crippen LogP contribution in [-0.4, -0.2) is 61.8 Å². The third-order valence-corrected chi connectivity index (χ3v) is 7.75. The van der Waals surface area contributed by atoms with E-state index in [-0.39, 0.29) is 66.2 Å². The maximum absolute atomic E-state index is 14.0. The van der Waals surface area contributed by atoms with Gasteiger partial charge in [-0.1, -0.05) is 6.07 Å². The van der Waals surface area contributed by atoms with Gasteiger partial charge >= 0.3 is 12.4 Å². The average molecular weight is 689 g/mol. The molecule has 2 amide bonds. The molecule has 11 nitrogen and oxygen atoms in total. The molecule has 4 aromatic rings. The Morgan fingerprint density at radius 2 is 1.75 bits per heavy atom. The van der Waals surface area contributed by atoms with Gasteiger partial charge in [0.15, 0.2) is 12.3 Å². The van der Waals surface area contributed by atoms with Crippen LogP contribution in [-0.2, 0) is 19.8 Å². The molecule has 1 fully saturated rings. The first kappa shape index (κ1) is 34.4. The van der Waals surface area contributed by atoms with Crippen LogP contribution in [0.2, 0.25) is 0 Å². The number of nitrogens with one attached hydrogen (secondary N) is 4. The van der Waals surface area contributed by atoms with E-state index in [1.54, 1.807) is 0 Å². The molecule has 1 aliphatic rings. The number of fused-ring (bicyclic) bond motifs is 1. The zero-order valence-electron chi connectivity index (χ0n) is 25.0. The molecule has 0 bridgehead atoms. The summed E-state index contributed by atoms with van der Waals surface area (Å²) in [4.78, 5) is 33.9. The van der Waals surface area contributed by atoms with E-state index in [0.29, 0.717) is 0 Å². The van der Waals surface area contributed by atoms with Gasteiger partial charge in [0.2, 0.25) is 11.8 Å². The van der Waals surface area contributed by atoms with Crippen LogP contribution in [0.15, 0.2) is 36.5 Å². The van der Waals surface area contributed by atoms with Crippen molar-refractivity contribution in [1.29, 1.82) is 0 Å². The summed E-state index contributed by atoms with van der Waals surface area (Å²) in [6.45, 7) is -1.29. The average Bonchev–Trinajstić information content (AvgIpc) is 3.66. The standard InChI is InChI=1S/C29H28F8N8O3/c1-45-23-21(11-17(26(43-23)48-13-22(30)31)24(46)40-16-5-3-15(4-6-16)28(32,33)34)42-27(45)41-20-10-14(2-7-18(20)29(35,36)37)12-38-25(47)19-8-9-39-44-19/h2,7-11,15-16,22H,3-6,12-13H2,1H3,(H,38,47)(H,39,44)(H,40,46)(H,41,42)/t15-,16-. The van der Waals surface area contributed by atoms with Gasteiger partial charge in [-0.2, -0.15) is 36.4 Å². The number of anilines is 2. The number of pyridine rings is 1. The molecule has 5 rings (SSSR count). The lowest BCUT2D eigenvalue weighted by Gasteiger charge is -2.30. The highest BCUT2D eigenvalue weighted by Gasteiger charge is 2.41. The molecule has 0 spiro atoms. The number of aromatic nitrogens is 5. The van der Waals surface area contributed by atoms with Gasteiger partial charge in [-0.05, 0) is 55.5 Å². The number of carbonyl (C=O) groups excluding carboxylic acids is 2. The van der Waals surface area contributed by atoms with Gasteiger partial charge < -0.3 is 20.7 Å². The summed E-state index contributed by atoms with van der Waals surface area (Å²) in [5, 5.41) is 14.0. The third-order valence-electron chi connectivity index (χ3n) is 7.75. The van der Waals surface area contributed by atoms with E-state index in [1.807, 2.05) is 0 Å². The molecule has 1 saturated carbocycles. The Morgan fingerprint density at radius 1 is 1.02 bits per heavy atom. The minimum absolute atomic E-state index is 0.0219. The number of benzene rings is 1. The van der Waals surface area contributed by atoms with Crippen LogP contribution >= 0.6 is 0 Å². The van der Waals surface area contributed by atoms with Gasteiger partial charge in [-0.15, -0.1) is 0 Å². The number of H-pyrrole nitrogens is 1. The SMILES string of the molecule is Cn1c(Nc2cc(CNC(=O)c3cc[nH]n3)ccc2C(F)(F)F)nc2cc(C(=O)N[C@H]3CC[C@H](C(F)(F)F)CC3)c(OCC(F)F)nc21. The van der Waals surface area contributed by atoms with E-state index in [0.717, 1.165) is 18.2 Å². The summed E-state index contributed by atoms with van der Waals surface area (Å²) < 4.78 is 114. The van der Waals surface area contributed by atoms with Gasteiger partial charge in [0.25, 0.3) is 18.2 Å². The van der Waals surface area contributed by atoms with Crippen molar-refractivity contribution in [3.8, 4) is 5.88 Å². The minimum atomic E-state index is -4.80. The fraction of sp³-hybridized carbons (Fsp3) is 0.414. The van der Waals surface area contributed by atoms with Crippen LogP contribution in [0.4, 0.5) is 46.8 Å². The van der Waals surface area contributed by atoms with Gasteiger partial charge in [0.05, 0.1) is 17.2 Å². The molecule has 0 atom stereocenters. The maximum atomic E-state index is 14.0. The Balaban J connectivity index is 1.42. The van der Waals surface area contributed by atoms with Crippen LogP contribution in [0.25, 0.3) is 11.2 Å². The number of hydrogen-bond acceptors (Lipinski definition) is 7. The fourth-order valence-corrected chi connectivity index (χ4v) is 5.28. The van der Waals surface area contributed by atoms with Crippen molar-refractivity contribution in [3.05, 3.63) is 58.9 Å². The summed E-state index contributed by atoms with van der Waals surface area (Å²) in [6.07, 6.45) is -11.0. The number of aryl methyl sites for hydroxylation is 1. The molecule has 0 aliphatic heterocycles. The molecule has 0 saturated heterocycles. The number of hydrogen-bond donors (Lipinski definition) is 4. The van der Waals surface area contributed by atoms with Crippen molar-refractivity contribution in [2.24, 2.45) is 13.0 Å². The molecule has 48 heavy (non-hydrogen) atoms. The first-order valence-corrected chi connectivity index (χ1v) is 14.5. The number of alkyl halides is 8. The van der Waals surface area contributed by atoms with Crippen molar-refractivity contribution in [2.75, 3.05) is 11.9 Å². The number of imidazole rings is 1. The van der Waals surface area contributed by atoms with Crippen molar-refractivity contribution < 1.29 is 49.4 Å². The van der Waals surface area contributed by atoms with Gasteiger partial charge in [0.1, 0.15) is 16.8 Å². The Bertz CT molecular complexity index is 1760. The zero-order valence-corrected chi connectivity index (χ0v) is 25.0. The second-order valence-electron chi connectivity index (χ2n) is 11.1. The minimum Gasteiger partial charge on any atom is -0.471 e. The van der Waals surface area contributed by atoms with E-state index < -0.39 is 66.3 Å². The van der Waals surface area contributed by atoms with Crippen LogP contribution < -0.4 is 20.7 Å². The summed E-state index contributed by atoms with van der Waals surface area (Å²) in [5.74, 6) is -3.61. The number of halogens is 8. The summed E-state index contributed by atoms with van der Waals surface area (Å²) in [7, 11) is 1.38. The predicted molar refractivity (Wildman–Crippen MR) is 154 cm³/mol. The number of amides is 2. The third kappa shape index (κ3) is 7.93. The molecular weight excluding hydrogens is 660 g/mol. The molecule has 1 aromatic carbocycles. The Morgan fingerprint density at radius 3 is 2.38 bits per heavy atom. The molecular formula is C29H28F8N8O3. The van der Waals surface area contributed by atoms with Crippen LogP contribution in [0.3, 0.4) is 0 Å². The van der Waals surface area contributed by atoms with Gasteiger partial charge in [-0.25, -0.2) is 13.8 Å². The highest BCUT2D eigenvalue weighted by Crippen LogP contribution is 2.39. The molecule has 19 heteroatoms. The smallest absolute Gasteiger partial charge is 0.418 e. The van der Waals surface area contributed by atoms with E-state index >= 15 is 0 Å². The van der Waals surface area contributed by atoms with E-state index in [4.69, 9.17) is 4.74 Å². The van der Waals surface area contributed by atoms with Crippen molar-refractivity contribution >= 4 is 34.6 Å². The summed E-state index contributed by atoms with van der Waals surface area (Å²) >= 11 is 0. The van der Waals surface area contributed by atoms with Crippen LogP contribution in [0.1, 0.15) is 57.7 Å². The summed E-state index contributed by atoms with van der Waals surface area (Å²) in [5.41, 5.74) is -1.54. The molecule has 4 N–H and O–H groups in total. The van der Waals surface area contributed by atoms with Gasteiger partial charge in [0, 0.05) is 25.8 Å². The topological polar surface area (TPSA) is 139 Å². The monoisotopic (exact) mass is 688 g/mol. The quantitative estimate of drug-likeness (QED) is 0.153. The van der Waals surface area contributed by atoms with Crippen molar-refractivity contribution in [3.63, 3.8) is 0 Å². The van der Waals surface area contributed by atoms with Crippen LogP contribution in [0.5, 0.6) is 5.88 Å². The highest BCUT2D eigenvalue weighted by molar-refractivity contribution is 5.99. The van der Waals surface area contributed by atoms with E-state index in [9.17, 15) is 44.7 Å². The summed E-state index contributed by atoms with van der Waals surface area (Å²) in [6, 6.07) is 5.09. The van der Waals surface area contributed by atoms with Crippen LogP contribution in [0, 0.1) is 5.92 Å². The number of nitrogens with zero attached hydrogens (tertiary/aromatic N) is 4. The Kier molecular flexibility index (Phi) is 9.76. The second-order valence-corrected chi connectivity index (χ2v) is 11.1. The number of ether oxygens (including phenoxy) is 1. The first-order valence-electron chi connectivity index (χ1n) is 14.5. The van der Waals surface area contributed by atoms with Crippen molar-refractivity contribution in [2.45, 2.75) is 57.0 Å². The van der Waals surface area contributed by atoms with Crippen molar-refractivity contribution in [1.82, 2.24) is 35.4 Å². The van der Waals surface area contributed by atoms with E-state index in [1.165, 1.54) is 29.9 Å². The van der Waals surface area contributed by atoms with Gasteiger partial charge in [-0.3, -0.25) is 19.3 Å². The first-order chi connectivity index (χ1) is 22.6.